The van der Waals surface area contributed by atoms with Gasteiger partial charge < -0.3 is 11.1 Å². The van der Waals surface area contributed by atoms with Crippen molar-refractivity contribution in [3.05, 3.63) is 53.6 Å². The third kappa shape index (κ3) is 3.82. The van der Waals surface area contributed by atoms with Crippen LogP contribution in [0, 0.1) is 0 Å². The number of para-hydroxylation sites is 1. The van der Waals surface area contributed by atoms with E-state index < -0.39 is 10.8 Å². The highest BCUT2D eigenvalue weighted by Crippen LogP contribution is 2.20. The number of anilines is 2. The maximum Gasteiger partial charge on any atom is 0.237 e. The van der Waals surface area contributed by atoms with Gasteiger partial charge in [-0.2, -0.15) is 0 Å². The summed E-state index contributed by atoms with van der Waals surface area (Å²) < 4.78 is 12.0. The minimum absolute atomic E-state index is 0.144. The highest BCUT2D eigenvalue weighted by Gasteiger charge is 2.11. The standard InChI is InChI=1S/C14H13ClN2O2S/c15-12-6-1-2-7-13(12)17-14(18)9-20(19)11-5-3-4-10(16)8-11/h1-8H,9,16H2,(H,17,18). The predicted molar refractivity (Wildman–Crippen MR) is 82.2 cm³/mol. The lowest BCUT2D eigenvalue weighted by Gasteiger charge is -2.07. The van der Waals surface area contributed by atoms with Crippen molar-refractivity contribution in [1.29, 1.82) is 0 Å². The Labute approximate surface area is 124 Å². The van der Waals surface area contributed by atoms with Gasteiger partial charge in [0.25, 0.3) is 0 Å². The van der Waals surface area contributed by atoms with E-state index in [1.165, 1.54) is 0 Å². The van der Waals surface area contributed by atoms with Gasteiger partial charge in [-0.25, -0.2) is 0 Å². The molecule has 104 valence electrons. The third-order valence-electron chi connectivity index (χ3n) is 2.53. The lowest BCUT2D eigenvalue weighted by Crippen LogP contribution is -2.19. The van der Waals surface area contributed by atoms with Crippen LogP contribution in [-0.4, -0.2) is 15.9 Å². The molecular formula is C14H13ClN2O2S. The molecule has 0 heterocycles. The van der Waals surface area contributed by atoms with E-state index in [2.05, 4.69) is 5.32 Å². The largest absolute Gasteiger partial charge is 0.399 e. The normalized spacial score (nSPS) is 11.8. The molecule has 0 fully saturated rings. The molecule has 1 atom stereocenters. The number of nitrogens with two attached hydrogens (primary N) is 1. The van der Waals surface area contributed by atoms with Crippen LogP contribution in [0.2, 0.25) is 5.02 Å². The molecule has 0 spiro atoms. The van der Waals surface area contributed by atoms with Crippen LogP contribution in [0.15, 0.2) is 53.4 Å². The highest BCUT2D eigenvalue weighted by molar-refractivity contribution is 7.85. The molecule has 0 saturated heterocycles. The van der Waals surface area contributed by atoms with Crippen molar-refractivity contribution in [3.63, 3.8) is 0 Å². The highest BCUT2D eigenvalue weighted by atomic mass is 35.5. The fourth-order valence-electron chi connectivity index (χ4n) is 1.61. The van der Waals surface area contributed by atoms with Gasteiger partial charge >= 0.3 is 0 Å². The molecule has 2 rings (SSSR count). The van der Waals surface area contributed by atoms with Crippen LogP contribution in [0.3, 0.4) is 0 Å². The number of benzene rings is 2. The number of carbonyl (C=O) groups excluding carboxylic acids is 1. The summed E-state index contributed by atoms with van der Waals surface area (Å²) in [4.78, 5) is 12.4. The van der Waals surface area contributed by atoms with Crippen molar-refractivity contribution in [1.82, 2.24) is 0 Å². The molecule has 1 amide bonds. The maximum atomic E-state index is 12.0. The summed E-state index contributed by atoms with van der Waals surface area (Å²) in [6.07, 6.45) is 0. The summed E-state index contributed by atoms with van der Waals surface area (Å²) in [7, 11) is -1.44. The fraction of sp³-hybridized carbons (Fsp3) is 0.0714. The minimum atomic E-state index is -1.44. The van der Waals surface area contributed by atoms with Crippen molar-refractivity contribution >= 4 is 39.7 Å². The lowest BCUT2D eigenvalue weighted by molar-refractivity contribution is -0.113. The number of hydrogen-bond donors (Lipinski definition) is 2. The Kier molecular flexibility index (Phi) is 4.76. The van der Waals surface area contributed by atoms with Crippen molar-refractivity contribution in [2.75, 3.05) is 16.8 Å². The van der Waals surface area contributed by atoms with Gasteiger partial charge in [0.1, 0.15) is 5.75 Å². The molecular weight excluding hydrogens is 296 g/mol. The molecule has 0 saturated carbocycles. The molecule has 20 heavy (non-hydrogen) atoms. The topological polar surface area (TPSA) is 72.2 Å². The summed E-state index contributed by atoms with van der Waals surface area (Å²) in [5.74, 6) is -0.506. The lowest BCUT2D eigenvalue weighted by atomic mass is 10.3. The number of nitrogen functional groups attached to an aromatic ring is 1. The van der Waals surface area contributed by atoms with E-state index in [0.29, 0.717) is 21.3 Å². The minimum Gasteiger partial charge on any atom is -0.399 e. The quantitative estimate of drug-likeness (QED) is 0.853. The molecule has 3 N–H and O–H groups in total. The van der Waals surface area contributed by atoms with Crippen molar-refractivity contribution in [2.45, 2.75) is 4.90 Å². The number of halogens is 1. The van der Waals surface area contributed by atoms with E-state index in [9.17, 15) is 9.00 Å². The second kappa shape index (κ2) is 6.54. The Balaban J connectivity index is 2.02. The second-order valence-electron chi connectivity index (χ2n) is 4.09. The summed E-state index contributed by atoms with van der Waals surface area (Å²) in [5.41, 5.74) is 6.64. The SMILES string of the molecule is Nc1cccc(S(=O)CC(=O)Nc2ccccc2Cl)c1. The van der Waals surface area contributed by atoms with Crippen LogP contribution < -0.4 is 11.1 Å². The summed E-state index contributed by atoms with van der Waals surface area (Å²) >= 11 is 5.94. The van der Waals surface area contributed by atoms with Gasteiger partial charge in [-0.15, -0.1) is 0 Å². The first-order chi connectivity index (χ1) is 9.56. The zero-order valence-electron chi connectivity index (χ0n) is 10.5. The van der Waals surface area contributed by atoms with Gasteiger partial charge in [0.05, 0.1) is 21.5 Å². The summed E-state index contributed by atoms with van der Waals surface area (Å²) in [6.45, 7) is 0. The molecule has 6 heteroatoms. The van der Waals surface area contributed by atoms with E-state index >= 15 is 0 Å². The van der Waals surface area contributed by atoms with Crippen LogP contribution in [0.5, 0.6) is 0 Å². The first-order valence-electron chi connectivity index (χ1n) is 5.84. The van der Waals surface area contributed by atoms with Crippen LogP contribution in [0.1, 0.15) is 0 Å². The molecule has 2 aromatic rings. The monoisotopic (exact) mass is 308 g/mol. The Morgan fingerprint density at radius 3 is 2.65 bits per heavy atom. The van der Waals surface area contributed by atoms with Gasteiger partial charge in [0.2, 0.25) is 5.91 Å². The fourth-order valence-corrected chi connectivity index (χ4v) is 2.77. The maximum absolute atomic E-state index is 12.0. The second-order valence-corrected chi connectivity index (χ2v) is 5.95. The van der Waals surface area contributed by atoms with Gasteiger partial charge in [-0.05, 0) is 30.3 Å². The molecule has 2 aromatic carbocycles. The predicted octanol–water partition coefficient (Wildman–Crippen LogP) is 2.67. The molecule has 0 radical (unpaired) electrons. The molecule has 0 aliphatic carbocycles. The Morgan fingerprint density at radius 2 is 1.95 bits per heavy atom. The average Bonchev–Trinajstić information content (AvgIpc) is 2.41. The molecule has 0 bridgehead atoms. The van der Waals surface area contributed by atoms with E-state index in [0.717, 1.165) is 0 Å². The summed E-state index contributed by atoms with van der Waals surface area (Å²) in [5, 5.41) is 3.07. The van der Waals surface area contributed by atoms with Gasteiger partial charge in [-0.1, -0.05) is 29.8 Å². The van der Waals surface area contributed by atoms with E-state index in [1.807, 2.05) is 0 Å². The van der Waals surface area contributed by atoms with Gasteiger partial charge in [0, 0.05) is 10.6 Å². The zero-order valence-corrected chi connectivity index (χ0v) is 12.1. The number of hydrogen-bond acceptors (Lipinski definition) is 3. The van der Waals surface area contributed by atoms with Crippen LogP contribution in [-0.2, 0) is 15.6 Å². The number of amides is 1. The average molecular weight is 309 g/mol. The van der Waals surface area contributed by atoms with Crippen LogP contribution in [0.4, 0.5) is 11.4 Å². The smallest absolute Gasteiger partial charge is 0.237 e. The Bertz CT molecular complexity index is 661. The van der Waals surface area contributed by atoms with E-state index in [-0.39, 0.29) is 11.7 Å². The van der Waals surface area contributed by atoms with Crippen molar-refractivity contribution < 1.29 is 9.00 Å². The number of nitrogens with one attached hydrogen (secondary N) is 1. The van der Waals surface area contributed by atoms with Gasteiger partial charge in [-0.3, -0.25) is 9.00 Å². The van der Waals surface area contributed by atoms with Gasteiger partial charge in [0.15, 0.2) is 0 Å². The number of carbonyl (C=O) groups is 1. The van der Waals surface area contributed by atoms with Crippen LogP contribution in [0.25, 0.3) is 0 Å². The third-order valence-corrected chi connectivity index (χ3v) is 4.16. The van der Waals surface area contributed by atoms with E-state index in [1.54, 1.807) is 48.5 Å². The van der Waals surface area contributed by atoms with Crippen molar-refractivity contribution in [2.24, 2.45) is 0 Å². The molecule has 0 aliphatic heterocycles. The summed E-state index contributed by atoms with van der Waals surface area (Å²) in [6, 6.07) is 13.6. The first-order valence-corrected chi connectivity index (χ1v) is 7.54. The molecule has 1 unspecified atom stereocenters. The molecule has 0 aliphatic rings. The van der Waals surface area contributed by atoms with Crippen LogP contribution >= 0.6 is 11.6 Å². The number of rotatable bonds is 4. The Morgan fingerprint density at radius 1 is 1.20 bits per heavy atom. The first kappa shape index (κ1) is 14.6. The zero-order chi connectivity index (χ0) is 14.5. The molecule has 0 aromatic heterocycles. The molecule has 4 nitrogen and oxygen atoms in total. The Hall–Kier alpha value is -1.85. The van der Waals surface area contributed by atoms with E-state index in [4.69, 9.17) is 17.3 Å². The van der Waals surface area contributed by atoms with Crippen molar-refractivity contribution in [3.8, 4) is 0 Å².